The number of rotatable bonds is 4. The average molecular weight is 447 g/mol. The number of hydrogen-bond acceptors (Lipinski definition) is 5. The molecule has 1 aromatic heterocycles. The van der Waals surface area contributed by atoms with Crippen molar-refractivity contribution in [2.45, 2.75) is 38.3 Å². The Kier molecular flexibility index (Phi) is 4.16. The van der Waals surface area contributed by atoms with Crippen LogP contribution < -0.4 is 4.90 Å². The van der Waals surface area contributed by atoms with Gasteiger partial charge in [0.15, 0.2) is 0 Å². The van der Waals surface area contributed by atoms with E-state index in [1.54, 1.807) is 55.1 Å². The molecule has 0 N–H and O–H groups in total. The molecular formula is C25H25N3O5. The predicted octanol–water partition coefficient (Wildman–Crippen LogP) is 2.29. The smallest absolute Gasteiger partial charge is 0.249 e. The van der Waals surface area contributed by atoms with E-state index in [9.17, 15) is 19.2 Å². The van der Waals surface area contributed by atoms with Crippen LogP contribution in [0.15, 0.2) is 46.9 Å². The fraction of sp³-hybridized carbons (Fsp3) is 0.440. The van der Waals surface area contributed by atoms with Crippen LogP contribution in [0.4, 0.5) is 5.69 Å². The molecular weight excluding hydrogens is 422 g/mol. The number of amides is 4. The van der Waals surface area contributed by atoms with E-state index in [1.807, 2.05) is 6.07 Å². The van der Waals surface area contributed by atoms with Gasteiger partial charge in [-0.2, -0.15) is 0 Å². The van der Waals surface area contributed by atoms with E-state index < -0.39 is 35.2 Å². The van der Waals surface area contributed by atoms with Crippen molar-refractivity contribution >= 4 is 29.3 Å². The Morgan fingerprint density at radius 3 is 2.36 bits per heavy atom. The fourth-order valence-electron chi connectivity index (χ4n) is 5.99. The van der Waals surface area contributed by atoms with Crippen LogP contribution in [0.25, 0.3) is 0 Å². The Balaban J connectivity index is 1.50. The second-order valence-corrected chi connectivity index (χ2v) is 9.78. The van der Waals surface area contributed by atoms with Crippen molar-refractivity contribution in [1.29, 1.82) is 0 Å². The van der Waals surface area contributed by atoms with Crippen LogP contribution in [0.2, 0.25) is 0 Å². The molecule has 4 aliphatic rings. The molecule has 0 radical (unpaired) electrons. The zero-order valence-corrected chi connectivity index (χ0v) is 18.6. The third-order valence-electron chi connectivity index (χ3n) is 7.63. The Morgan fingerprint density at radius 2 is 1.73 bits per heavy atom. The summed E-state index contributed by atoms with van der Waals surface area (Å²) < 4.78 is 5.88. The maximum absolute atomic E-state index is 13.9. The van der Waals surface area contributed by atoms with Gasteiger partial charge in [0.25, 0.3) is 0 Å². The molecule has 8 nitrogen and oxygen atoms in total. The highest BCUT2D eigenvalue weighted by Gasteiger charge is 2.73. The Hall–Kier alpha value is -3.42. The van der Waals surface area contributed by atoms with Crippen LogP contribution >= 0.6 is 0 Å². The van der Waals surface area contributed by atoms with Gasteiger partial charge in [-0.3, -0.25) is 19.2 Å². The SMILES string of the molecule is Cc1ccc([C@@H]2[C@@H]3C(=O)N(c4ccccc4)C(=O)[C@@H]3[C@]3(C)C(=O)N(CC4CC4)CC(=O)N23)o1. The lowest BCUT2D eigenvalue weighted by atomic mass is 9.79. The summed E-state index contributed by atoms with van der Waals surface area (Å²) >= 11 is 0. The molecule has 6 rings (SSSR count). The minimum atomic E-state index is -1.45. The lowest BCUT2D eigenvalue weighted by molar-refractivity contribution is -0.166. The Bertz CT molecular complexity index is 1190. The molecule has 0 bridgehead atoms. The maximum atomic E-state index is 13.9. The number of piperazine rings is 1. The molecule has 4 heterocycles. The molecule has 3 aliphatic heterocycles. The van der Waals surface area contributed by atoms with Crippen LogP contribution in [0.1, 0.15) is 37.3 Å². The number of anilines is 1. The van der Waals surface area contributed by atoms with Gasteiger partial charge in [-0.25, -0.2) is 4.90 Å². The highest BCUT2D eigenvalue weighted by Crippen LogP contribution is 2.57. The van der Waals surface area contributed by atoms with E-state index in [0.717, 1.165) is 12.8 Å². The van der Waals surface area contributed by atoms with E-state index in [1.165, 1.54) is 9.80 Å². The van der Waals surface area contributed by atoms with Crippen molar-refractivity contribution in [1.82, 2.24) is 9.80 Å². The second-order valence-electron chi connectivity index (χ2n) is 9.78. The molecule has 1 aromatic carbocycles. The summed E-state index contributed by atoms with van der Waals surface area (Å²) in [6.45, 7) is 3.92. The Labute approximate surface area is 191 Å². The number of furan rings is 1. The van der Waals surface area contributed by atoms with Gasteiger partial charge in [-0.15, -0.1) is 0 Å². The largest absolute Gasteiger partial charge is 0.464 e. The highest BCUT2D eigenvalue weighted by molar-refractivity contribution is 6.25. The third-order valence-corrected chi connectivity index (χ3v) is 7.63. The van der Waals surface area contributed by atoms with Gasteiger partial charge < -0.3 is 14.2 Å². The molecule has 0 unspecified atom stereocenters. The van der Waals surface area contributed by atoms with Gasteiger partial charge >= 0.3 is 0 Å². The van der Waals surface area contributed by atoms with Gasteiger partial charge in [0.05, 0.1) is 24.1 Å². The van der Waals surface area contributed by atoms with Gasteiger partial charge in [0.2, 0.25) is 23.6 Å². The molecule has 4 amide bonds. The van der Waals surface area contributed by atoms with Crippen molar-refractivity contribution in [3.05, 3.63) is 54.0 Å². The first-order chi connectivity index (χ1) is 15.8. The first kappa shape index (κ1) is 20.2. The third kappa shape index (κ3) is 2.69. The molecule has 170 valence electrons. The van der Waals surface area contributed by atoms with Gasteiger partial charge in [-0.1, -0.05) is 18.2 Å². The van der Waals surface area contributed by atoms with Crippen LogP contribution in [0.5, 0.6) is 0 Å². The number of nitrogens with zero attached hydrogens (tertiary/aromatic N) is 3. The van der Waals surface area contributed by atoms with Gasteiger partial charge in [0, 0.05) is 6.54 Å². The molecule has 4 fully saturated rings. The number of fused-ring (bicyclic) bond motifs is 3. The van der Waals surface area contributed by atoms with Crippen LogP contribution in [0.3, 0.4) is 0 Å². The minimum Gasteiger partial charge on any atom is -0.464 e. The van der Waals surface area contributed by atoms with E-state index in [2.05, 4.69) is 0 Å². The average Bonchev–Trinajstić information content (AvgIpc) is 3.33. The zero-order chi connectivity index (χ0) is 23.1. The van der Waals surface area contributed by atoms with Gasteiger partial charge in [-0.05, 0) is 56.9 Å². The fourth-order valence-corrected chi connectivity index (χ4v) is 5.99. The van der Waals surface area contributed by atoms with Crippen molar-refractivity contribution in [2.75, 3.05) is 18.0 Å². The van der Waals surface area contributed by atoms with Crippen molar-refractivity contribution < 1.29 is 23.6 Å². The topological polar surface area (TPSA) is 91.1 Å². The number of benzene rings is 1. The number of carbonyl (C=O) groups is 4. The normalized spacial score (nSPS) is 31.5. The summed E-state index contributed by atoms with van der Waals surface area (Å²) in [5.74, 6) is -1.74. The summed E-state index contributed by atoms with van der Waals surface area (Å²) in [7, 11) is 0. The zero-order valence-electron chi connectivity index (χ0n) is 18.6. The molecule has 0 spiro atoms. The van der Waals surface area contributed by atoms with Crippen molar-refractivity contribution in [3.8, 4) is 0 Å². The van der Waals surface area contributed by atoms with Crippen LogP contribution in [-0.4, -0.2) is 52.1 Å². The summed E-state index contributed by atoms with van der Waals surface area (Å²) in [5.41, 5.74) is -0.980. The van der Waals surface area contributed by atoms with E-state index >= 15 is 0 Å². The van der Waals surface area contributed by atoms with Gasteiger partial charge in [0.1, 0.15) is 23.1 Å². The number of imide groups is 1. The van der Waals surface area contributed by atoms with Crippen molar-refractivity contribution in [2.24, 2.45) is 17.8 Å². The standard InChI is InChI=1S/C25H25N3O5/c1-14-8-11-17(33-14)21-19-20(23(31)27(22(19)30)16-6-4-3-5-7-16)25(2)24(32)26(12-15-9-10-15)13-18(29)28(21)25/h3-8,11,15,19-21H,9-10,12-13H2,1-2H3/t19-,20-,21-,25-/m1/s1. The molecule has 1 aliphatic carbocycles. The maximum Gasteiger partial charge on any atom is 0.249 e. The van der Waals surface area contributed by atoms with Crippen LogP contribution in [-0.2, 0) is 19.2 Å². The second kappa shape index (κ2) is 6.79. The predicted molar refractivity (Wildman–Crippen MR) is 117 cm³/mol. The number of para-hydroxylation sites is 1. The molecule has 8 heteroatoms. The van der Waals surface area contributed by atoms with E-state index in [4.69, 9.17) is 4.42 Å². The van der Waals surface area contributed by atoms with E-state index in [0.29, 0.717) is 29.7 Å². The first-order valence-electron chi connectivity index (χ1n) is 11.4. The molecule has 4 atom stereocenters. The molecule has 2 aromatic rings. The van der Waals surface area contributed by atoms with Crippen molar-refractivity contribution in [3.63, 3.8) is 0 Å². The highest BCUT2D eigenvalue weighted by atomic mass is 16.3. The van der Waals surface area contributed by atoms with Crippen LogP contribution in [0, 0.1) is 24.7 Å². The molecule has 1 saturated carbocycles. The number of carbonyl (C=O) groups excluding carboxylic acids is 4. The number of hydrogen-bond donors (Lipinski definition) is 0. The first-order valence-corrected chi connectivity index (χ1v) is 11.4. The minimum absolute atomic E-state index is 0.0364. The lowest BCUT2D eigenvalue weighted by Crippen LogP contribution is -2.68. The summed E-state index contributed by atoms with van der Waals surface area (Å²) in [6.07, 6.45) is 2.08. The summed E-state index contributed by atoms with van der Waals surface area (Å²) in [4.78, 5) is 59.2. The summed E-state index contributed by atoms with van der Waals surface area (Å²) in [6, 6.07) is 11.4. The lowest BCUT2D eigenvalue weighted by Gasteiger charge is -2.46. The molecule has 3 saturated heterocycles. The molecule has 33 heavy (non-hydrogen) atoms. The van der Waals surface area contributed by atoms with E-state index in [-0.39, 0.29) is 18.4 Å². The number of aryl methyl sites for hydroxylation is 1. The monoisotopic (exact) mass is 447 g/mol. The summed E-state index contributed by atoms with van der Waals surface area (Å²) in [5, 5.41) is 0. The Morgan fingerprint density at radius 1 is 1.00 bits per heavy atom. The quantitative estimate of drug-likeness (QED) is 0.671.